The first-order chi connectivity index (χ1) is 10.9. The molecule has 2 rings (SSSR count). The molecule has 0 amide bonds. The van der Waals surface area contributed by atoms with Gasteiger partial charge in [0.1, 0.15) is 11.5 Å². The van der Waals surface area contributed by atoms with E-state index in [1.54, 1.807) is 0 Å². The summed E-state index contributed by atoms with van der Waals surface area (Å²) >= 11 is 0. The molecular weight excluding hydrogens is 429 g/mol. The Labute approximate surface area is 159 Å². The van der Waals surface area contributed by atoms with Crippen molar-refractivity contribution in [3.63, 3.8) is 0 Å². The maximum absolute atomic E-state index is 11.8. The molecule has 0 aliphatic carbocycles. The number of phenolic OH excluding ortho intramolecular Hbond substituents is 2. The predicted octanol–water partition coefficient (Wildman–Crippen LogP) is 4.99. The van der Waals surface area contributed by atoms with Gasteiger partial charge in [-0.3, -0.25) is 0 Å². The van der Waals surface area contributed by atoms with Crippen molar-refractivity contribution in [2.45, 2.75) is 25.2 Å². The summed E-state index contributed by atoms with van der Waals surface area (Å²) in [5, 5.41) is 17.5. The average molecular weight is 443 g/mol. The number of aromatic hydroxyl groups is 2. The van der Waals surface area contributed by atoms with Crippen LogP contribution in [0.15, 0.2) is 48.5 Å². The van der Waals surface area contributed by atoms with Crippen LogP contribution in [0.5, 0.6) is 11.5 Å². The number of phenols is 2. The van der Waals surface area contributed by atoms with E-state index >= 15 is 0 Å². The van der Waals surface area contributed by atoms with Gasteiger partial charge < -0.3 is 10.2 Å². The van der Waals surface area contributed by atoms with Gasteiger partial charge >= 0.3 is 12.4 Å². The van der Waals surface area contributed by atoms with Gasteiger partial charge in [-0.15, -0.1) is 0 Å². The summed E-state index contributed by atoms with van der Waals surface area (Å²) in [7, 11) is 0. The number of rotatable bonds is 2. The van der Waals surface area contributed by atoms with Crippen molar-refractivity contribution in [2.24, 2.45) is 0 Å². The van der Waals surface area contributed by atoms with E-state index in [4.69, 9.17) is 10.2 Å². The molecule has 25 heavy (non-hydrogen) atoms. The van der Waals surface area contributed by atoms with Crippen LogP contribution in [0.2, 0.25) is 0 Å². The third-order valence-corrected chi connectivity index (χ3v) is 2.68. The molecule has 0 aromatic heterocycles. The van der Waals surface area contributed by atoms with Crippen LogP contribution < -0.4 is 0 Å². The number of hydrogen-bond acceptors (Lipinski definition) is 2. The van der Waals surface area contributed by atoms with Crippen LogP contribution in [-0.4, -0.2) is 22.6 Å². The fourth-order valence-corrected chi connectivity index (χ4v) is 1.69. The Morgan fingerprint density at radius 1 is 0.560 bits per heavy atom. The zero-order chi connectivity index (χ0) is 18.4. The number of alkyl halides is 6. The second-order valence-corrected chi connectivity index (χ2v) is 4.92. The summed E-state index contributed by atoms with van der Waals surface area (Å²) in [5.41, 5.74) is 0.306. The molecule has 0 saturated carbocycles. The van der Waals surface area contributed by atoms with Crippen LogP contribution in [0.3, 0.4) is 0 Å². The van der Waals surface area contributed by atoms with E-state index in [-0.39, 0.29) is 48.8 Å². The van der Waals surface area contributed by atoms with Crippen LogP contribution in [0.25, 0.3) is 0 Å². The van der Waals surface area contributed by atoms with Gasteiger partial charge in [0, 0.05) is 26.2 Å². The Bertz CT molecular complexity index is 564. The van der Waals surface area contributed by atoms with E-state index < -0.39 is 25.2 Å². The minimum Gasteiger partial charge on any atom is -0.508 e. The monoisotopic (exact) mass is 442 g/mol. The molecule has 0 aliphatic rings. The molecule has 0 aliphatic heterocycles. The van der Waals surface area contributed by atoms with Crippen LogP contribution in [0, 0.1) is 0 Å². The topological polar surface area (TPSA) is 40.5 Å². The van der Waals surface area contributed by atoms with E-state index in [9.17, 15) is 26.3 Å². The minimum atomic E-state index is -4.18. The molecule has 0 bridgehead atoms. The second kappa shape index (κ2) is 9.85. The zero-order valence-electron chi connectivity index (χ0n) is 12.7. The molecule has 0 radical (unpaired) electrons. The van der Waals surface area contributed by atoms with Gasteiger partial charge in [0.2, 0.25) is 0 Å². The maximum Gasteiger partial charge on any atom is 0.393 e. The van der Waals surface area contributed by atoms with Gasteiger partial charge in [-0.25, -0.2) is 0 Å². The largest absolute Gasteiger partial charge is 0.508 e. The summed E-state index contributed by atoms with van der Waals surface area (Å²) in [6, 6.07) is 9.96. The Balaban J connectivity index is 0.000000443. The summed E-state index contributed by atoms with van der Waals surface area (Å²) < 4.78 is 70.7. The molecule has 0 heterocycles. The molecule has 0 saturated heterocycles. The quantitative estimate of drug-likeness (QED) is 0.642. The normalized spacial score (nSPS) is 11.1. The summed E-state index contributed by atoms with van der Waals surface area (Å²) in [6.07, 6.45) is -10.3. The van der Waals surface area contributed by atoms with Gasteiger partial charge in [0.15, 0.2) is 0 Å². The van der Waals surface area contributed by atoms with Crippen molar-refractivity contribution in [1.29, 1.82) is 0 Å². The molecule has 0 unspecified atom stereocenters. The number of benzene rings is 2. The van der Waals surface area contributed by atoms with Crippen LogP contribution in [0.4, 0.5) is 26.3 Å². The zero-order valence-corrected chi connectivity index (χ0v) is 15.2. The second-order valence-electron chi connectivity index (χ2n) is 4.92. The van der Waals surface area contributed by atoms with Gasteiger partial charge in [-0.2, -0.15) is 26.3 Å². The Morgan fingerprint density at radius 3 is 1.00 bits per heavy atom. The minimum absolute atomic E-state index is 0. The Kier molecular flexibility index (Phi) is 9.26. The molecule has 2 nitrogen and oxygen atoms in total. The Hall–Kier alpha value is -1.50. The summed E-state index contributed by atoms with van der Waals surface area (Å²) in [6.45, 7) is 0. The van der Waals surface area contributed by atoms with Crippen molar-refractivity contribution < 1.29 is 62.8 Å². The molecule has 136 valence electrons. The van der Waals surface area contributed by atoms with E-state index in [2.05, 4.69) is 0 Å². The number of hydrogen-bond donors (Lipinski definition) is 2. The van der Waals surface area contributed by atoms with Crippen molar-refractivity contribution in [3.8, 4) is 11.5 Å². The fraction of sp³-hybridized carbons (Fsp3) is 0.250. The maximum atomic E-state index is 11.8. The van der Waals surface area contributed by atoms with E-state index in [0.29, 0.717) is 0 Å². The van der Waals surface area contributed by atoms with E-state index in [1.165, 1.54) is 48.5 Å². The fourth-order valence-electron chi connectivity index (χ4n) is 1.69. The molecule has 0 atom stereocenters. The summed E-state index contributed by atoms with van der Waals surface area (Å²) in [5.74, 6) is -0.0538. The molecule has 0 fully saturated rings. The van der Waals surface area contributed by atoms with Gasteiger partial charge in [-0.1, -0.05) is 24.3 Å². The SMILES string of the molecule is Oc1ccc(CC(F)(F)F)cc1.Oc1ccc(CC(F)(F)F)cc1.[Zr]. The number of halogens is 6. The molecule has 2 aromatic rings. The first-order valence-electron chi connectivity index (χ1n) is 6.64. The first-order valence-corrected chi connectivity index (χ1v) is 6.64. The molecule has 0 spiro atoms. The molecule has 9 heteroatoms. The third kappa shape index (κ3) is 11.6. The van der Waals surface area contributed by atoms with Crippen molar-refractivity contribution in [2.75, 3.05) is 0 Å². The van der Waals surface area contributed by atoms with Crippen LogP contribution in [-0.2, 0) is 39.0 Å². The first kappa shape index (κ1) is 23.5. The predicted molar refractivity (Wildman–Crippen MR) is 75.7 cm³/mol. The van der Waals surface area contributed by atoms with Gasteiger partial charge in [0.25, 0.3) is 0 Å². The van der Waals surface area contributed by atoms with Crippen molar-refractivity contribution in [1.82, 2.24) is 0 Å². The third-order valence-electron chi connectivity index (χ3n) is 2.68. The average Bonchev–Trinajstić information content (AvgIpc) is 2.42. The standard InChI is InChI=1S/2C8H7F3O.Zr/c2*9-8(10,11)5-6-1-3-7(12)4-2-6;/h2*1-4,12H,5H2;. The van der Waals surface area contributed by atoms with E-state index in [0.717, 1.165) is 0 Å². The van der Waals surface area contributed by atoms with Crippen LogP contribution in [0.1, 0.15) is 11.1 Å². The molecular formula is C16H14F6O2Zr. The van der Waals surface area contributed by atoms with Crippen molar-refractivity contribution in [3.05, 3.63) is 59.7 Å². The summed E-state index contributed by atoms with van der Waals surface area (Å²) in [4.78, 5) is 0. The Morgan fingerprint density at radius 2 is 0.800 bits per heavy atom. The van der Waals surface area contributed by atoms with Gasteiger partial charge in [0.05, 0.1) is 12.8 Å². The molecule has 2 aromatic carbocycles. The smallest absolute Gasteiger partial charge is 0.393 e. The molecule has 2 N–H and O–H groups in total. The van der Waals surface area contributed by atoms with Gasteiger partial charge in [-0.05, 0) is 35.4 Å². The van der Waals surface area contributed by atoms with E-state index in [1.807, 2.05) is 0 Å². The van der Waals surface area contributed by atoms with Crippen LogP contribution >= 0.6 is 0 Å². The van der Waals surface area contributed by atoms with Crippen molar-refractivity contribution >= 4 is 0 Å².